The topological polar surface area (TPSA) is 12.5 Å². The summed E-state index contributed by atoms with van der Waals surface area (Å²) in [5.74, 6) is -4.08. The first-order valence-electron chi connectivity index (χ1n) is 6.03. The van der Waals surface area contributed by atoms with Gasteiger partial charge in [-0.15, -0.1) is 5.11 Å². The fraction of sp³-hybridized carbons (Fsp3) is 0.455. The highest BCUT2D eigenvalue weighted by molar-refractivity contribution is 6.67. The van der Waals surface area contributed by atoms with Gasteiger partial charge in [0.05, 0.1) is 39.2 Å². The van der Waals surface area contributed by atoms with Gasteiger partial charge >= 0.3 is 0 Å². The van der Waals surface area contributed by atoms with E-state index < -0.39 is 39.8 Å². The summed E-state index contributed by atoms with van der Waals surface area (Å²) in [5.41, 5.74) is 0. The van der Waals surface area contributed by atoms with E-state index in [1.807, 2.05) is 0 Å². The molecule has 10 heteroatoms. The highest BCUT2D eigenvalue weighted by atomic mass is 19.2. The van der Waals surface area contributed by atoms with E-state index in [4.69, 9.17) is 44.0 Å². The molecule has 10 radical (unpaired) electrons. The number of benzene rings is 1. The quantitative estimate of drug-likeness (QED) is 0.556. The molecular formula is C11H7B5F3NO. The van der Waals surface area contributed by atoms with Crippen molar-refractivity contribution in [3.05, 3.63) is 29.6 Å². The monoisotopic (exact) mass is 281 g/mol. The van der Waals surface area contributed by atoms with Crippen LogP contribution in [0.2, 0.25) is 5.11 Å². The van der Waals surface area contributed by atoms with Gasteiger partial charge < -0.3 is 9.64 Å². The van der Waals surface area contributed by atoms with Crippen molar-refractivity contribution < 1.29 is 17.9 Å². The van der Waals surface area contributed by atoms with E-state index in [2.05, 4.69) is 0 Å². The van der Waals surface area contributed by atoms with Crippen molar-refractivity contribution in [2.24, 2.45) is 0 Å². The lowest BCUT2D eigenvalue weighted by Crippen LogP contribution is -2.69. The van der Waals surface area contributed by atoms with Crippen LogP contribution in [0.5, 0.6) is 5.75 Å². The fourth-order valence-corrected chi connectivity index (χ4v) is 1.89. The maximum Gasteiger partial charge on any atom is 0.200 e. The molecule has 0 bridgehead atoms. The van der Waals surface area contributed by atoms with Crippen LogP contribution in [0.25, 0.3) is 0 Å². The van der Waals surface area contributed by atoms with E-state index in [1.165, 1.54) is 4.90 Å². The lowest BCUT2D eigenvalue weighted by molar-refractivity contribution is -0.00288. The number of hydrogen-bond donors (Lipinski definition) is 0. The summed E-state index contributed by atoms with van der Waals surface area (Å²) in [6, 6.07) is 1.17. The van der Waals surface area contributed by atoms with Gasteiger partial charge in [-0.05, 0) is 0 Å². The molecule has 21 heavy (non-hydrogen) atoms. The highest BCUT2D eigenvalue weighted by Crippen LogP contribution is 2.33. The van der Waals surface area contributed by atoms with Gasteiger partial charge in [0, 0.05) is 25.2 Å². The maximum absolute atomic E-state index is 13.4. The van der Waals surface area contributed by atoms with E-state index >= 15 is 0 Å². The Kier molecular flexibility index (Phi) is 4.22. The van der Waals surface area contributed by atoms with Gasteiger partial charge in [-0.25, -0.2) is 8.78 Å². The largest absolute Gasteiger partial charge is 0.484 e. The van der Waals surface area contributed by atoms with Gasteiger partial charge in [-0.3, -0.25) is 0 Å². The Morgan fingerprint density at radius 3 is 2.14 bits per heavy atom. The Hall–Kier alpha value is -0.905. The first-order chi connectivity index (χ1) is 9.52. The Morgan fingerprint density at radius 1 is 1.05 bits per heavy atom. The molecule has 1 fully saturated rings. The van der Waals surface area contributed by atoms with Gasteiger partial charge in [-0.2, -0.15) is 4.39 Å². The molecule has 1 saturated heterocycles. The molecule has 1 heterocycles. The lowest BCUT2D eigenvalue weighted by atomic mass is 9.26. The summed E-state index contributed by atoms with van der Waals surface area (Å²) in [5, 5.41) is -3.58. The second-order valence-electron chi connectivity index (χ2n) is 5.10. The van der Waals surface area contributed by atoms with Crippen molar-refractivity contribution in [2.75, 3.05) is 13.1 Å². The molecule has 0 aliphatic carbocycles. The van der Waals surface area contributed by atoms with Gasteiger partial charge in [0.15, 0.2) is 11.6 Å². The summed E-state index contributed by atoms with van der Waals surface area (Å²) in [7, 11) is 27.8. The minimum Gasteiger partial charge on any atom is -0.484 e. The minimum absolute atomic E-state index is 0.123. The number of halogens is 3. The van der Waals surface area contributed by atoms with Gasteiger partial charge in [0.2, 0.25) is 5.82 Å². The molecule has 2 rings (SSSR count). The minimum atomic E-state index is -1.87. The van der Waals surface area contributed by atoms with Crippen molar-refractivity contribution in [3.8, 4) is 5.75 Å². The molecule has 1 aromatic carbocycles. The SMILES string of the molecule is [B]C([B])([B])C([B])([B])N1CC(Oc2cc(F)cc(F)c2F)C1. The standard InChI is InChI=1S/C11H7B5F3NO/c12-10(13,14)11(15,16)20-3-6(4-20)21-8-2-5(17)1-7(18)9(8)19/h1-2,6H,3-4H2. The molecular weight excluding hydrogens is 273 g/mol. The zero-order valence-corrected chi connectivity index (χ0v) is 11.0. The van der Waals surface area contributed by atoms with E-state index in [0.717, 1.165) is 6.07 Å². The fourth-order valence-electron chi connectivity index (χ4n) is 1.89. The molecule has 1 aliphatic heterocycles. The predicted octanol–water partition coefficient (Wildman–Crippen LogP) is -0.263. The van der Waals surface area contributed by atoms with Crippen LogP contribution in [-0.2, 0) is 0 Å². The summed E-state index contributed by atoms with van der Waals surface area (Å²) >= 11 is 0. The van der Waals surface area contributed by atoms with Crippen LogP contribution in [0.1, 0.15) is 0 Å². The van der Waals surface area contributed by atoms with E-state index in [0.29, 0.717) is 6.07 Å². The molecule has 0 spiro atoms. The van der Waals surface area contributed by atoms with Gasteiger partial charge in [0.25, 0.3) is 0 Å². The number of hydrogen-bond acceptors (Lipinski definition) is 2. The molecule has 1 aliphatic rings. The van der Waals surface area contributed by atoms with Crippen LogP contribution in [0.3, 0.4) is 0 Å². The molecule has 1 aromatic rings. The van der Waals surface area contributed by atoms with Crippen molar-refractivity contribution in [1.29, 1.82) is 0 Å². The van der Waals surface area contributed by atoms with E-state index in [9.17, 15) is 13.2 Å². The predicted molar refractivity (Wildman–Crippen MR) is 76.5 cm³/mol. The normalized spacial score (nSPS) is 17.5. The van der Waals surface area contributed by atoms with Crippen molar-refractivity contribution >= 4 is 39.2 Å². The molecule has 0 atom stereocenters. The van der Waals surface area contributed by atoms with Crippen molar-refractivity contribution in [3.63, 3.8) is 0 Å². The molecule has 98 valence electrons. The Bertz CT molecular complexity index is 545. The molecule has 2 nitrogen and oxygen atoms in total. The smallest absolute Gasteiger partial charge is 0.200 e. The average molecular weight is 280 g/mol. The molecule has 0 unspecified atom stereocenters. The first-order valence-corrected chi connectivity index (χ1v) is 6.03. The molecule has 0 saturated carbocycles. The van der Waals surface area contributed by atoms with Crippen molar-refractivity contribution in [2.45, 2.75) is 16.6 Å². The van der Waals surface area contributed by atoms with Crippen LogP contribution in [0, 0.1) is 17.5 Å². The second-order valence-corrected chi connectivity index (χ2v) is 5.10. The number of rotatable bonds is 4. The van der Waals surface area contributed by atoms with Crippen LogP contribution < -0.4 is 4.74 Å². The Balaban J connectivity index is 2.01. The first kappa shape index (κ1) is 16.5. The summed E-state index contributed by atoms with van der Waals surface area (Å²) in [6.45, 7) is 0.246. The van der Waals surface area contributed by atoms with Crippen molar-refractivity contribution in [1.82, 2.24) is 4.90 Å². The third kappa shape index (κ3) is 3.15. The zero-order valence-electron chi connectivity index (χ0n) is 11.0. The molecule has 0 N–H and O–H groups in total. The Morgan fingerprint density at radius 2 is 1.62 bits per heavy atom. The van der Waals surface area contributed by atoms with Crippen LogP contribution in [-0.4, -0.2) is 68.7 Å². The number of likely N-dealkylation sites (tertiary alicyclic amines) is 1. The Labute approximate surface area is 127 Å². The number of nitrogens with zero attached hydrogens (tertiary/aromatic N) is 1. The third-order valence-corrected chi connectivity index (χ3v) is 3.32. The summed E-state index contributed by atoms with van der Waals surface area (Å²) < 4.78 is 44.6. The molecule has 0 amide bonds. The highest BCUT2D eigenvalue weighted by Gasteiger charge is 2.43. The van der Waals surface area contributed by atoms with Crippen LogP contribution in [0.15, 0.2) is 12.1 Å². The lowest BCUT2D eigenvalue weighted by Gasteiger charge is -2.56. The van der Waals surface area contributed by atoms with Crippen LogP contribution >= 0.6 is 0 Å². The van der Waals surface area contributed by atoms with E-state index in [-0.39, 0.29) is 13.1 Å². The van der Waals surface area contributed by atoms with Crippen LogP contribution in [0.4, 0.5) is 13.2 Å². The van der Waals surface area contributed by atoms with Gasteiger partial charge in [-0.1, -0.05) is 5.34 Å². The molecule has 0 aromatic heterocycles. The maximum atomic E-state index is 13.4. The summed E-state index contributed by atoms with van der Waals surface area (Å²) in [6.07, 6.45) is -0.575. The van der Waals surface area contributed by atoms with Gasteiger partial charge in [0.1, 0.15) is 11.9 Å². The summed E-state index contributed by atoms with van der Waals surface area (Å²) in [4.78, 5) is 1.41. The zero-order chi connectivity index (χ0) is 16.0. The average Bonchev–Trinajstić information content (AvgIpc) is 2.27. The second kappa shape index (κ2) is 5.38. The number of ether oxygens (including phenoxy) is 1. The third-order valence-electron chi connectivity index (χ3n) is 3.32. The van der Waals surface area contributed by atoms with E-state index in [1.54, 1.807) is 0 Å².